The molecular weight excluding hydrogens is 287 g/mol. The summed E-state index contributed by atoms with van der Waals surface area (Å²) in [5.41, 5.74) is 0.0602. The molecule has 1 aromatic rings. The Balaban J connectivity index is 2.73. The third-order valence-electron chi connectivity index (χ3n) is 2.21. The largest absolute Gasteiger partial charge is 0.348 e. The van der Waals surface area contributed by atoms with Gasteiger partial charge in [0.2, 0.25) is 0 Å². The topological polar surface area (TPSA) is 32.3 Å². The van der Waals surface area contributed by atoms with E-state index in [-0.39, 0.29) is 11.6 Å². The molecule has 0 spiro atoms. The van der Waals surface area contributed by atoms with Crippen LogP contribution in [-0.2, 0) is 0 Å². The average molecular weight is 303 g/mol. The Labute approximate surface area is 109 Å². The van der Waals surface area contributed by atoms with Gasteiger partial charge in [0.05, 0.1) is 10.0 Å². The summed E-state index contributed by atoms with van der Waals surface area (Å²) in [6.45, 7) is 2.59. The average Bonchev–Trinajstić information content (AvgIpc) is 2.20. The molecular formula is C12H16BrFN2O. The molecule has 0 fully saturated rings. The molecule has 1 atom stereocenters. The van der Waals surface area contributed by atoms with Crippen LogP contribution in [0, 0.1) is 5.82 Å². The summed E-state index contributed by atoms with van der Waals surface area (Å²) in [6, 6.07) is 4.64. The van der Waals surface area contributed by atoms with Gasteiger partial charge in [-0.3, -0.25) is 4.79 Å². The van der Waals surface area contributed by atoms with Crippen molar-refractivity contribution in [3.05, 3.63) is 34.1 Å². The van der Waals surface area contributed by atoms with Crippen molar-refractivity contribution in [2.75, 3.05) is 20.6 Å². The number of amides is 1. The Bertz CT molecular complexity index is 409. The van der Waals surface area contributed by atoms with Crippen LogP contribution in [-0.4, -0.2) is 37.5 Å². The van der Waals surface area contributed by atoms with Gasteiger partial charge in [0.15, 0.2) is 0 Å². The molecule has 0 aliphatic rings. The fourth-order valence-electron chi connectivity index (χ4n) is 1.57. The predicted molar refractivity (Wildman–Crippen MR) is 69.6 cm³/mol. The summed E-state index contributed by atoms with van der Waals surface area (Å²) in [4.78, 5) is 13.8. The van der Waals surface area contributed by atoms with E-state index in [1.807, 2.05) is 25.9 Å². The van der Waals surface area contributed by atoms with Gasteiger partial charge in [-0.15, -0.1) is 0 Å². The van der Waals surface area contributed by atoms with Crippen molar-refractivity contribution in [3.8, 4) is 0 Å². The van der Waals surface area contributed by atoms with E-state index < -0.39 is 11.7 Å². The summed E-state index contributed by atoms with van der Waals surface area (Å²) in [7, 11) is 3.84. The number of benzene rings is 1. The molecule has 0 radical (unpaired) electrons. The quantitative estimate of drug-likeness (QED) is 0.925. The normalized spacial score (nSPS) is 12.6. The standard InChI is InChI=1S/C12H16BrFN2O/c1-8(7-16(2)3)15-12(17)9-5-4-6-10(13)11(9)14/h4-6,8H,7H2,1-3H3,(H,15,17). The lowest BCUT2D eigenvalue weighted by molar-refractivity contribution is 0.0930. The van der Waals surface area contributed by atoms with Gasteiger partial charge >= 0.3 is 0 Å². The summed E-state index contributed by atoms with van der Waals surface area (Å²) in [5, 5.41) is 2.75. The Kier molecular flexibility index (Phi) is 5.08. The third-order valence-corrected chi connectivity index (χ3v) is 2.83. The van der Waals surface area contributed by atoms with Crippen LogP contribution in [0.25, 0.3) is 0 Å². The molecule has 1 N–H and O–H groups in total. The number of carbonyl (C=O) groups is 1. The van der Waals surface area contributed by atoms with E-state index in [0.717, 1.165) is 0 Å². The minimum atomic E-state index is -0.526. The van der Waals surface area contributed by atoms with Crippen molar-refractivity contribution in [2.24, 2.45) is 0 Å². The number of nitrogens with zero attached hydrogens (tertiary/aromatic N) is 1. The maximum absolute atomic E-state index is 13.6. The van der Waals surface area contributed by atoms with Crippen LogP contribution < -0.4 is 5.32 Å². The van der Waals surface area contributed by atoms with Crippen LogP contribution in [0.15, 0.2) is 22.7 Å². The first-order chi connectivity index (χ1) is 7.91. The van der Waals surface area contributed by atoms with Crippen molar-refractivity contribution in [2.45, 2.75) is 13.0 Å². The number of carbonyl (C=O) groups excluding carboxylic acids is 1. The smallest absolute Gasteiger partial charge is 0.254 e. The van der Waals surface area contributed by atoms with Gasteiger partial charge in [0.1, 0.15) is 5.82 Å². The maximum atomic E-state index is 13.6. The Morgan fingerprint density at radius 2 is 2.18 bits per heavy atom. The first-order valence-electron chi connectivity index (χ1n) is 5.31. The van der Waals surface area contributed by atoms with Gasteiger partial charge in [0, 0.05) is 12.6 Å². The summed E-state index contributed by atoms with van der Waals surface area (Å²) >= 11 is 3.06. The minimum Gasteiger partial charge on any atom is -0.348 e. The van der Waals surface area contributed by atoms with Crippen molar-refractivity contribution in [1.29, 1.82) is 0 Å². The van der Waals surface area contributed by atoms with Gasteiger partial charge in [-0.25, -0.2) is 4.39 Å². The van der Waals surface area contributed by atoms with Crippen molar-refractivity contribution >= 4 is 21.8 Å². The molecule has 1 aromatic carbocycles. The molecule has 1 amide bonds. The highest BCUT2D eigenvalue weighted by Crippen LogP contribution is 2.18. The van der Waals surface area contributed by atoms with E-state index in [1.54, 1.807) is 12.1 Å². The van der Waals surface area contributed by atoms with Crippen LogP contribution in [0.5, 0.6) is 0 Å². The molecule has 0 saturated carbocycles. The van der Waals surface area contributed by atoms with Gasteiger partial charge in [-0.05, 0) is 49.1 Å². The molecule has 5 heteroatoms. The molecule has 0 aliphatic carbocycles. The molecule has 94 valence electrons. The van der Waals surface area contributed by atoms with E-state index in [9.17, 15) is 9.18 Å². The Morgan fingerprint density at radius 1 is 1.53 bits per heavy atom. The monoisotopic (exact) mass is 302 g/mol. The highest BCUT2D eigenvalue weighted by atomic mass is 79.9. The number of likely N-dealkylation sites (N-methyl/N-ethyl adjacent to an activating group) is 1. The highest BCUT2D eigenvalue weighted by molar-refractivity contribution is 9.10. The van der Waals surface area contributed by atoms with Gasteiger partial charge in [0.25, 0.3) is 5.91 Å². The van der Waals surface area contributed by atoms with E-state index in [4.69, 9.17) is 0 Å². The Hall–Kier alpha value is -0.940. The zero-order chi connectivity index (χ0) is 13.0. The number of hydrogen-bond donors (Lipinski definition) is 1. The van der Waals surface area contributed by atoms with Crippen molar-refractivity contribution in [3.63, 3.8) is 0 Å². The van der Waals surface area contributed by atoms with E-state index in [0.29, 0.717) is 11.0 Å². The van der Waals surface area contributed by atoms with Crippen LogP contribution in [0.3, 0.4) is 0 Å². The second-order valence-corrected chi connectivity index (χ2v) is 5.09. The minimum absolute atomic E-state index is 0.0316. The second-order valence-electron chi connectivity index (χ2n) is 4.24. The molecule has 0 heterocycles. The first-order valence-corrected chi connectivity index (χ1v) is 6.10. The van der Waals surface area contributed by atoms with Gasteiger partial charge in [-0.2, -0.15) is 0 Å². The fraction of sp³-hybridized carbons (Fsp3) is 0.417. The van der Waals surface area contributed by atoms with Crippen molar-refractivity contribution < 1.29 is 9.18 Å². The van der Waals surface area contributed by atoms with Crippen LogP contribution in [0.2, 0.25) is 0 Å². The van der Waals surface area contributed by atoms with Gasteiger partial charge < -0.3 is 10.2 Å². The van der Waals surface area contributed by atoms with Crippen LogP contribution >= 0.6 is 15.9 Å². The van der Waals surface area contributed by atoms with Crippen LogP contribution in [0.1, 0.15) is 17.3 Å². The molecule has 0 saturated heterocycles. The molecule has 1 rings (SSSR count). The van der Waals surface area contributed by atoms with E-state index in [2.05, 4.69) is 21.2 Å². The zero-order valence-corrected chi connectivity index (χ0v) is 11.7. The third kappa shape index (κ3) is 4.09. The van der Waals surface area contributed by atoms with E-state index in [1.165, 1.54) is 6.07 Å². The molecule has 0 bridgehead atoms. The fourth-order valence-corrected chi connectivity index (χ4v) is 1.94. The highest BCUT2D eigenvalue weighted by Gasteiger charge is 2.15. The molecule has 0 aliphatic heterocycles. The molecule has 0 aromatic heterocycles. The first kappa shape index (κ1) is 14.1. The summed E-state index contributed by atoms with van der Waals surface area (Å²) in [6.07, 6.45) is 0. The number of hydrogen-bond acceptors (Lipinski definition) is 2. The maximum Gasteiger partial charge on any atom is 0.254 e. The predicted octanol–water partition coefficient (Wildman–Crippen LogP) is 2.27. The van der Waals surface area contributed by atoms with Crippen molar-refractivity contribution in [1.82, 2.24) is 10.2 Å². The number of rotatable bonds is 4. The lowest BCUT2D eigenvalue weighted by atomic mass is 10.2. The molecule has 1 unspecified atom stereocenters. The SMILES string of the molecule is CC(CN(C)C)NC(=O)c1cccc(Br)c1F. The number of nitrogens with one attached hydrogen (secondary N) is 1. The van der Waals surface area contributed by atoms with Crippen LogP contribution in [0.4, 0.5) is 4.39 Å². The number of halogens is 2. The molecule has 3 nitrogen and oxygen atoms in total. The summed E-state index contributed by atoms with van der Waals surface area (Å²) in [5.74, 6) is -0.916. The lowest BCUT2D eigenvalue weighted by Crippen LogP contribution is -2.39. The molecule has 17 heavy (non-hydrogen) atoms. The second kappa shape index (κ2) is 6.12. The summed E-state index contributed by atoms with van der Waals surface area (Å²) < 4.78 is 13.9. The lowest BCUT2D eigenvalue weighted by Gasteiger charge is -2.18. The van der Waals surface area contributed by atoms with E-state index >= 15 is 0 Å². The van der Waals surface area contributed by atoms with Gasteiger partial charge in [-0.1, -0.05) is 6.07 Å². The zero-order valence-electron chi connectivity index (χ0n) is 10.1. The Morgan fingerprint density at radius 3 is 2.76 bits per heavy atom.